The number of amides is 1. The SMILES string of the molecule is O=C(O)CCC(=O)Nc1cc(OSC(Br)(Br)Br)ccc1Cl. The Morgan fingerprint density at radius 2 is 2.00 bits per heavy atom. The van der Waals surface area contributed by atoms with Crippen LogP contribution in [-0.2, 0) is 9.59 Å². The van der Waals surface area contributed by atoms with E-state index in [1.165, 1.54) is 0 Å². The van der Waals surface area contributed by atoms with Crippen LogP contribution in [0.4, 0.5) is 5.69 Å². The van der Waals surface area contributed by atoms with Crippen LogP contribution >= 0.6 is 71.4 Å². The Morgan fingerprint density at radius 3 is 2.57 bits per heavy atom. The second kappa shape index (κ2) is 8.61. The molecule has 0 radical (unpaired) electrons. The van der Waals surface area contributed by atoms with Gasteiger partial charge in [0.1, 0.15) is 5.75 Å². The van der Waals surface area contributed by atoms with Gasteiger partial charge in [0.2, 0.25) is 7.38 Å². The van der Waals surface area contributed by atoms with E-state index < -0.39 is 13.4 Å². The number of carbonyl (C=O) groups is 2. The molecule has 0 saturated heterocycles. The zero-order valence-corrected chi connectivity index (χ0v) is 16.6. The summed E-state index contributed by atoms with van der Waals surface area (Å²) in [5.41, 5.74) is 0.356. The molecule has 0 atom stereocenters. The maximum absolute atomic E-state index is 11.6. The maximum atomic E-state index is 11.6. The van der Waals surface area contributed by atoms with Crippen molar-refractivity contribution in [3.63, 3.8) is 0 Å². The van der Waals surface area contributed by atoms with Crippen molar-refractivity contribution in [3.8, 4) is 5.75 Å². The highest BCUT2D eigenvalue weighted by atomic mass is 80.0. The van der Waals surface area contributed by atoms with Crippen LogP contribution in [0.15, 0.2) is 18.2 Å². The average molecular weight is 526 g/mol. The molecule has 0 aliphatic rings. The predicted molar refractivity (Wildman–Crippen MR) is 94.7 cm³/mol. The smallest absolute Gasteiger partial charge is 0.303 e. The highest BCUT2D eigenvalue weighted by molar-refractivity contribution is 9.42. The van der Waals surface area contributed by atoms with Crippen molar-refractivity contribution in [2.45, 2.75) is 14.3 Å². The Bertz CT molecular complexity index is 539. The van der Waals surface area contributed by atoms with Gasteiger partial charge in [-0.1, -0.05) is 11.6 Å². The van der Waals surface area contributed by atoms with E-state index in [-0.39, 0.29) is 12.8 Å². The zero-order chi connectivity index (χ0) is 16.0. The molecule has 0 aliphatic heterocycles. The Morgan fingerprint density at radius 1 is 1.33 bits per heavy atom. The second-order valence-electron chi connectivity index (χ2n) is 3.70. The lowest BCUT2D eigenvalue weighted by molar-refractivity contribution is -0.138. The van der Waals surface area contributed by atoms with Gasteiger partial charge in [-0.15, -0.1) is 0 Å². The summed E-state index contributed by atoms with van der Waals surface area (Å²) in [5.74, 6) is -0.992. The molecule has 1 rings (SSSR count). The van der Waals surface area contributed by atoms with E-state index >= 15 is 0 Å². The summed E-state index contributed by atoms with van der Waals surface area (Å²) in [4.78, 5) is 22.0. The van der Waals surface area contributed by atoms with Crippen molar-refractivity contribution in [1.29, 1.82) is 0 Å². The Labute approximate surface area is 155 Å². The quantitative estimate of drug-likeness (QED) is 0.405. The minimum Gasteiger partial charge on any atom is -0.481 e. The van der Waals surface area contributed by atoms with Crippen molar-refractivity contribution in [1.82, 2.24) is 0 Å². The number of carboxylic acid groups (broad SMARTS) is 1. The van der Waals surface area contributed by atoms with E-state index in [4.69, 9.17) is 20.9 Å². The van der Waals surface area contributed by atoms with Crippen LogP contribution in [0.2, 0.25) is 5.02 Å². The Hall–Kier alpha value is 0.0400. The van der Waals surface area contributed by atoms with Crippen LogP contribution in [0.3, 0.4) is 0 Å². The van der Waals surface area contributed by atoms with Crippen LogP contribution in [0.25, 0.3) is 0 Å². The first-order valence-electron chi connectivity index (χ1n) is 5.41. The molecule has 0 unspecified atom stereocenters. The van der Waals surface area contributed by atoms with Gasteiger partial charge in [0.15, 0.2) is 0 Å². The summed E-state index contributed by atoms with van der Waals surface area (Å²) in [5, 5.41) is 11.4. The molecular weight excluding hydrogens is 517 g/mol. The van der Waals surface area contributed by atoms with Gasteiger partial charge in [-0.25, -0.2) is 0 Å². The van der Waals surface area contributed by atoms with Crippen LogP contribution in [0.5, 0.6) is 5.75 Å². The van der Waals surface area contributed by atoms with Crippen LogP contribution in [-0.4, -0.2) is 18.5 Å². The number of rotatable bonds is 6. The van der Waals surface area contributed by atoms with Crippen molar-refractivity contribution < 1.29 is 18.9 Å². The van der Waals surface area contributed by atoms with Gasteiger partial charge in [-0.05, 0) is 59.9 Å². The molecule has 116 valence electrons. The molecule has 5 nitrogen and oxygen atoms in total. The van der Waals surface area contributed by atoms with Crippen LogP contribution in [0.1, 0.15) is 12.8 Å². The zero-order valence-electron chi connectivity index (χ0n) is 10.2. The first-order chi connectivity index (χ1) is 9.67. The molecule has 0 saturated carbocycles. The van der Waals surface area contributed by atoms with Gasteiger partial charge in [0.25, 0.3) is 0 Å². The van der Waals surface area contributed by atoms with Crippen molar-refractivity contribution in [2.75, 3.05) is 5.32 Å². The van der Waals surface area contributed by atoms with E-state index in [1.807, 2.05) is 0 Å². The number of benzene rings is 1. The van der Waals surface area contributed by atoms with Crippen LogP contribution < -0.4 is 9.50 Å². The fourth-order valence-corrected chi connectivity index (χ4v) is 2.23. The first kappa shape index (κ1) is 19.1. The van der Waals surface area contributed by atoms with Gasteiger partial charge < -0.3 is 14.6 Å². The van der Waals surface area contributed by atoms with Crippen molar-refractivity contribution in [2.24, 2.45) is 0 Å². The number of anilines is 1. The molecule has 1 aromatic rings. The van der Waals surface area contributed by atoms with E-state index in [9.17, 15) is 9.59 Å². The molecule has 0 aliphatic carbocycles. The first-order valence-corrected chi connectivity index (χ1v) is 8.91. The molecule has 0 bridgehead atoms. The van der Waals surface area contributed by atoms with Crippen molar-refractivity contribution in [3.05, 3.63) is 23.2 Å². The normalized spacial score (nSPS) is 11.0. The molecule has 10 heteroatoms. The standard InChI is InChI=1S/C11H9Br3ClNO4S/c12-11(13,14)21-20-6-1-2-7(15)8(5-6)16-9(17)3-4-10(18)19/h1-2,5H,3-4H2,(H,16,17)(H,18,19). The number of alkyl halides is 3. The molecule has 0 fully saturated rings. The average Bonchev–Trinajstić information content (AvgIpc) is 2.36. The van der Waals surface area contributed by atoms with Gasteiger partial charge in [0.05, 0.1) is 29.2 Å². The van der Waals surface area contributed by atoms with Gasteiger partial charge >= 0.3 is 5.97 Å². The number of hydrogen-bond acceptors (Lipinski definition) is 4. The molecule has 21 heavy (non-hydrogen) atoms. The van der Waals surface area contributed by atoms with Gasteiger partial charge in [0, 0.05) is 12.5 Å². The number of aliphatic carboxylic acids is 1. The second-order valence-corrected chi connectivity index (χ2v) is 13.4. The predicted octanol–water partition coefficient (Wildman–Crippen LogP) is 4.97. The van der Waals surface area contributed by atoms with E-state index in [2.05, 4.69) is 53.1 Å². The minimum atomic E-state index is -1.03. The highest BCUT2D eigenvalue weighted by Gasteiger charge is 2.21. The minimum absolute atomic E-state index is 0.126. The number of hydrogen-bond donors (Lipinski definition) is 2. The molecule has 2 N–H and O–H groups in total. The monoisotopic (exact) mass is 523 g/mol. The number of nitrogens with one attached hydrogen (secondary N) is 1. The van der Waals surface area contributed by atoms with Crippen LogP contribution in [0, 0.1) is 0 Å². The molecule has 1 aromatic carbocycles. The topological polar surface area (TPSA) is 75.6 Å². The molecular formula is C11H9Br3ClNO4S. The Balaban J connectivity index is 2.69. The molecule has 0 heterocycles. The largest absolute Gasteiger partial charge is 0.481 e. The summed E-state index contributed by atoms with van der Waals surface area (Å²) in [6, 6.07) is 4.76. The number of halogens is 4. The molecule has 0 spiro atoms. The maximum Gasteiger partial charge on any atom is 0.303 e. The lowest BCUT2D eigenvalue weighted by atomic mass is 10.2. The van der Waals surface area contributed by atoms with E-state index in [0.29, 0.717) is 16.5 Å². The fraction of sp³-hybridized carbons (Fsp3) is 0.273. The summed E-state index contributed by atoms with van der Waals surface area (Å²) in [7, 11) is 0. The van der Waals surface area contributed by atoms with Crippen molar-refractivity contribution >= 4 is 89.0 Å². The van der Waals surface area contributed by atoms with E-state index in [1.54, 1.807) is 18.2 Å². The summed E-state index contributed by atoms with van der Waals surface area (Å²) in [6.45, 7) is 0. The summed E-state index contributed by atoms with van der Waals surface area (Å²) in [6.07, 6.45) is -0.367. The Kier molecular flexibility index (Phi) is 7.83. The lowest BCUT2D eigenvalue weighted by Gasteiger charge is -2.13. The fourth-order valence-electron chi connectivity index (χ4n) is 1.18. The third-order valence-electron chi connectivity index (χ3n) is 2.01. The summed E-state index contributed by atoms with van der Waals surface area (Å²) >= 11 is 16.8. The number of carbonyl (C=O) groups excluding carboxylic acids is 1. The third kappa shape index (κ3) is 8.29. The lowest BCUT2D eigenvalue weighted by Crippen LogP contribution is -2.13. The third-order valence-corrected chi connectivity index (χ3v) is 3.99. The van der Waals surface area contributed by atoms with Gasteiger partial charge in [-0.3, -0.25) is 9.59 Å². The summed E-state index contributed by atoms with van der Waals surface area (Å²) < 4.78 is 4.79. The molecule has 1 amide bonds. The molecule has 0 aromatic heterocycles. The van der Waals surface area contributed by atoms with E-state index in [0.717, 1.165) is 12.0 Å². The van der Waals surface area contributed by atoms with Gasteiger partial charge in [-0.2, -0.15) is 0 Å². The highest BCUT2D eigenvalue weighted by Crippen LogP contribution is 2.45. The number of carboxylic acids is 1.